The molecule has 110 valence electrons. The van der Waals surface area contributed by atoms with Crippen LogP contribution >= 0.6 is 15.9 Å². The van der Waals surface area contributed by atoms with Gasteiger partial charge in [0.1, 0.15) is 4.47 Å². The summed E-state index contributed by atoms with van der Waals surface area (Å²) in [6, 6.07) is 0.301. The molecule has 0 spiro atoms. The molecule has 0 aliphatic carbocycles. The van der Waals surface area contributed by atoms with E-state index in [0.717, 1.165) is 18.8 Å². The summed E-state index contributed by atoms with van der Waals surface area (Å²) in [5.41, 5.74) is 0.622. The first-order chi connectivity index (χ1) is 9.63. The van der Waals surface area contributed by atoms with Crippen LogP contribution in [0.2, 0.25) is 0 Å². The Morgan fingerprint density at radius 2 is 2.55 bits per heavy atom. The average Bonchev–Trinajstić information content (AvgIpc) is 2.48. The van der Waals surface area contributed by atoms with Gasteiger partial charge >= 0.3 is 0 Å². The Morgan fingerprint density at radius 1 is 1.75 bits per heavy atom. The van der Waals surface area contributed by atoms with Crippen molar-refractivity contribution in [2.75, 3.05) is 18.4 Å². The number of halogens is 1. The zero-order chi connectivity index (χ0) is 14.5. The lowest BCUT2D eigenvalue weighted by Crippen LogP contribution is -2.39. The van der Waals surface area contributed by atoms with Crippen molar-refractivity contribution in [3.8, 4) is 0 Å². The van der Waals surface area contributed by atoms with E-state index < -0.39 is 0 Å². The second-order valence-electron chi connectivity index (χ2n) is 5.19. The van der Waals surface area contributed by atoms with E-state index in [-0.39, 0.29) is 5.56 Å². The Morgan fingerprint density at radius 3 is 3.20 bits per heavy atom. The van der Waals surface area contributed by atoms with E-state index in [1.807, 2.05) is 0 Å². The van der Waals surface area contributed by atoms with Gasteiger partial charge < -0.3 is 10.6 Å². The maximum absolute atomic E-state index is 12.1. The number of nitrogens with zero attached hydrogens (tertiary/aromatic N) is 2. The highest BCUT2D eigenvalue weighted by Crippen LogP contribution is 2.22. The fourth-order valence-electron chi connectivity index (χ4n) is 2.49. The quantitative estimate of drug-likeness (QED) is 0.805. The molecule has 2 atom stereocenters. The normalized spacial score (nSPS) is 20.4. The fourth-order valence-corrected chi connectivity index (χ4v) is 2.91. The van der Waals surface area contributed by atoms with Crippen LogP contribution in [0.3, 0.4) is 0 Å². The molecule has 0 bridgehead atoms. The lowest BCUT2D eigenvalue weighted by Gasteiger charge is -2.29. The van der Waals surface area contributed by atoms with E-state index in [2.05, 4.69) is 45.2 Å². The largest absolute Gasteiger partial charge is 0.380 e. The molecule has 2 unspecified atom stereocenters. The fraction of sp³-hybridized carbons (Fsp3) is 0.571. The van der Waals surface area contributed by atoms with Gasteiger partial charge in [-0.3, -0.25) is 4.79 Å². The lowest BCUT2D eigenvalue weighted by atomic mass is 9.93. The molecule has 1 fully saturated rings. The molecule has 0 saturated carbocycles. The van der Waals surface area contributed by atoms with Gasteiger partial charge in [-0.25, -0.2) is 4.68 Å². The highest BCUT2D eigenvalue weighted by molar-refractivity contribution is 9.10. The van der Waals surface area contributed by atoms with Gasteiger partial charge in [0.05, 0.1) is 18.4 Å². The predicted molar refractivity (Wildman–Crippen MR) is 85.1 cm³/mol. The molecule has 2 N–H and O–H groups in total. The van der Waals surface area contributed by atoms with E-state index >= 15 is 0 Å². The summed E-state index contributed by atoms with van der Waals surface area (Å²) >= 11 is 3.37. The van der Waals surface area contributed by atoms with Gasteiger partial charge in [0, 0.05) is 6.04 Å². The van der Waals surface area contributed by atoms with Gasteiger partial charge in [-0.15, -0.1) is 6.58 Å². The first-order valence-corrected chi connectivity index (χ1v) is 7.76. The number of aromatic nitrogens is 2. The molecule has 0 radical (unpaired) electrons. The summed E-state index contributed by atoms with van der Waals surface area (Å²) in [7, 11) is 0. The van der Waals surface area contributed by atoms with Crippen LogP contribution in [0.5, 0.6) is 0 Å². The molecule has 1 aliphatic heterocycles. The Labute approximate surface area is 127 Å². The van der Waals surface area contributed by atoms with Crippen molar-refractivity contribution in [2.45, 2.75) is 32.4 Å². The predicted octanol–water partition coefficient (Wildman–Crippen LogP) is 1.99. The van der Waals surface area contributed by atoms with E-state index in [1.165, 1.54) is 17.5 Å². The van der Waals surface area contributed by atoms with E-state index in [9.17, 15) is 4.79 Å². The van der Waals surface area contributed by atoms with Crippen molar-refractivity contribution in [3.05, 3.63) is 33.7 Å². The Balaban J connectivity index is 2.11. The molecule has 1 saturated heterocycles. The van der Waals surface area contributed by atoms with E-state index in [0.29, 0.717) is 23.0 Å². The maximum atomic E-state index is 12.1. The number of anilines is 1. The van der Waals surface area contributed by atoms with Crippen molar-refractivity contribution in [2.24, 2.45) is 5.92 Å². The van der Waals surface area contributed by atoms with E-state index in [4.69, 9.17) is 0 Å². The SMILES string of the molecule is C=CCn1ncc(NC(C)C2CCCNC2)c(Br)c1=O. The molecule has 1 aromatic heterocycles. The number of rotatable bonds is 5. The topological polar surface area (TPSA) is 59.0 Å². The molecule has 1 aliphatic rings. The van der Waals surface area contributed by atoms with Gasteiger partial charge in [0.25, 0.3) is 5.56 Å². The first kappa shape index (κ1) is 15.3. The van der Waals surface area contributed by atoms with Crippen molar-refractivity contribution < 1.29 is 0 Å². The third kappa shape index (κ3) is 3.49. The highest BCUT2D eigenvalue weighted by atomic mass is 79.9. The summed E-state index contributed by atoms with van der Waals surface area (Å²) in [4.78, 5) is 12.1. The van der Waals surface area contributed by atoms with Crippen LogP contribution in [0, 0.1) is 5.92 Å². The molecule has 2 heterocycles. The summed E-state index contributed by atoms with van der Waals surface area (Å²) < 4.78 is 1.92. The van der Waals surface area contributed by atoms with Crippen LogP contribution < -0.4 is 16.2 Å². The number of allylic oxidation sites excluding steroid dienone is 1. The smallest absolute Gasteiger partial charge is 0.283 e. The molecule has 2 rings (SSSR count). The standard InChI is InChI=1S/C14H21BrN4O/c1-3-7-19-14(20)13(15)12(9-17-19)18-10(2)11-5-4-6-16-8-11/h3,9-11,16,18H,1,4-8H2,2H3. The molecular formula is C14H21BrN4O. The minimum absolute atomic E-state index is 0.135. The van der Waals surface area contributed by atoms with E-state index in [1.54, 1.807) is 12.3 Å². The highest BCUT2D eigenvalue weighted by Gasteiger charge is 2.21. The summed E-state index contributed by atoms with van der Waals surface area (Å²) in [6.07, 6.45) is 5.77. The van der Waals surface area contributed by atoms with Crippen LogP contribution in [-0.2, 0) is 6.54 Å². The first-order valence-electron chi connectivity index (χ1n) is 6.97. The molecule has 6 heteroatoms. The number of piperidine rings is 1. The lowest BCUT2D eigenvalue weighted by molar-refractivity contribution is 0.347. The average molecular weight is 341 g/mol. The minimum atomic E-state index is -0.135. The molecule has 0 amide bonds. The summed E-state index contributed by atoms with van der Waals surface area (Å²) in [6.45, 7) is 8.31. The van der Waals surface area contributed by atoms with Gasteiger partial charge in [-0.2, -0.15) is 5.10 Å². The molecule has 5 nitrogen and oxygen atoms in total. The van der Waals surface area contributed by atoms with Crippen LogP contribution in [0.25, 0.3) is 0 Å². The van der Waals surface area contributed by atoms with Crippen LogP contribution in [0.1, 0.15) is 19.8 Å². The second kappa shape index (κ2) is 7.04. The third-order valence-corrected chi connectivity index (χ3v) is 4.48. The zero-order valence-corrected chi connectivity index (χ0v) is 13.3. The summed E-state index contributed by atoms with van der Waals surface area (Å²) in [5, 5.41) is 11.0. The van der Waals surface area contributed by atoms with Gasteiger partial charge in [0.2, 0.25) is 0 Å². The maximum Gasteiger partial charge on any atom is 0.283 e. The van der Waals surface area contributed by atoms with Gasteiger partial charge in [0.15, 0.2) is 0 Å². The molecule has 20 heavy (non-hydrogen) atoms. The molecule has 0 aromatic carbocycles. The number of hydrogen-bond acceptors (Lipinski definition) is 4. The van der Waals surface area contributed by atoms with Crippen molar-refractivity contribution in [3.63, 3.8) is 0 Å². The third-order valence-electron chi connectivity index (χ3n) is 3.71. The van der Waals surface area contributed by atoms with Crippen LogP contribution in [-0.4, -0.2) is 28.9 Å². The zero-order valence-electron chi connectivity index (χ0n) is 11.7. The monoisotopic (exact) mass is 340 g/mol. The van der Waals surface area contributed by atoms with Crippen molar-refractivity contribution >= 4 is 21.6 Å². The molecule has 1 aromatic rings. The van der Waals surface area contributed by atoms with Crippen molar-refractivity contribution in [1.82, 2.24) is 15.1 Å². The van der Waals surface area contributed by atoms with Gasteiger partial charge in [-0.05, 0) is 54.7 Å². The molecular weight excluding hydrogens is 320 g/mol. The van der Waals surface area contributed by atoms with Crippen LogP contribution in [0.15, 0.2) is 28.1 Å². The Kier molecular flexibility index (Phi) is 5.37. The van der Waals surface area contributed by atoms with Crippen LogP contribution in [0.4, 0.5) is 5.69 Å². The Hall–Kier alpha value is -1.14. The van der Waals surface area contributed by atoms with Crippen molar-refractivity contribution in [1.29, 1.82) is 0 Å². The number of nitrogens with one attached hydrogen (secondary N) is 2. The van der Waals surface area contributed by atoms with Gasteiger partial charge in [-0.1, -0.05) is 6.08 Å². The number of hydrogen-bond donors (Lipinski definition) is 2. The second-order valence-corrected chi connectivity index (χ2v) is 5.98. The minimum Gasteiger partial charge on any atom is -0.380 e. The Bertz CT molecular complexity index is 522. The summed E-state index contributed by atoms with van der Waals surface area (Å²) in [5.74, 6) is 0.575.